The second-order valence-corrected chi connectivity index (χ2v) is 3.70. The van der Waals surface area contributed by atoms with Gasteiger partial charge in [-0.3, -0.25) is 9.36 Å². The molecule has 0 aliphatic rings. The number of rotatable bonds is 4. The standard InChI is InChI=1S/C8H12N2OS/c1-2-12-6-5-10-7-9-4-3-8(10)11/h3-4,7H,2,5-6H2,1H3. The van der Waals surface area contributed by atoms with Gasteiger partial charge >= 0.3 is 0 Å². The summed E-state index contributed by atoms with van der Waals surface area (Å²) in [5.41, 5.74) is 0.0294. The molecule has 0 spiro atoms. The monoisotopic (exact) mass is 184 g/mol. The zero-order valence-electron chi connectivity index (χ0n) is 7.06. The molecule has 0 radical (unpaired) electrons. The average molecular weight is 184 g/mol. The van der Waals surface area contributed by atoms with Gasteiger partial charge in [-0.25, -0.2) is 4.98 Å². The van der Waals surface area contributed by atoms with Crippen molar-refractivity contribution in [3.63, 3.8) is 0 Å². The fourth-order valence-corrected chi connectivity index (χ4v) is 1.47. The molecular formula is C8H12N2OS. The van der Waals surface area contributed by atoms with E-state index in [1.807, 2.05) is 11.8 Å². The summed E-state index contributed by atoms with van der Waals surface area (Å²) in [6, 6.07) is 1.48. The summed E-state index contributed by atoms with van der Waals surface area (Å²) in [6.07, 6.45) is 3.10. The molecule has 12 heavy (non-hydrogen) atoms. The summed E-state index contributed by atoms with van der Waals surface area (Å²) >= 11 is 1.82. The molecule has 0 aliphatic heterocycles. The minimum atomic E-state index is 0.0294. The van der Waals surface area contributed by atoms with Crippen LogP contribution in [-0.4, -0.2) is 21.1 Å². The Hall–Kier alpha value is -0.770. The first kappa shape index (κ1) is 9.32. The van der Waals surface area contributed by atoms with Crippen LogP contribution in [-0.2, 0) is 6.54 Å². The molecule has 0 atom stereocenters. The molecule has 1 heterocycles. The highest BCUT2D eigenvalue weighted by Crippen LogP contribution is 1.97. The van der Waals surface area contributed by atoms with Gasteiger partial charge in [-0.2, -0.15) is 11.8 Å². The predicted octanol–water partition coefficient (Wildman–Crippen LogP) is 0.996. The zero-order valence-corrected chi connectivity index (χ0v) is 7.88. The van der Waals surface area contributed by atoms with E-state index in [1.165, 1.54) is 12.3 Å². The normalized spacial score (nSPS) is 10.1. The third-order valence-electron chi connectivity index (χ3n) is 1.47. The van der Waals surface area contributed by atoms with Gasteiger partial charge in [0, 0.05) is 24.6 Å². The molecule has 0 aliphatic carbocycles. The van der Waals surface area contributed by atoms with Crippen molar-refractivity contribution in [3.05, 3.63) is 28.9 Å². The Kier molecular flexibility index (Phi) is 3.87. The van der Waals surface area contributed by atoms with Crippen LogP contribution in [0, 0.1) is 0 Å². The van der Waals surface area contributed by atoms with E-state index in [0.717, 1.165) is 18.1 Å². The van der Waals surface area contributed by atoms with Gasteiger partial charge < -0.3 is 0 Å². The van der Waals surface area contributed by atoms with Gasteiger partial charge in [-0.1, -0.05) is 6.92 Å². The van der Waals surface area contributed by atoms with Crippen molar-refractivity contribution in [2.24, 2.45) is 0 Å². The van der Waals surface area contributed by atoms with Crippen molar-refractivity contribution in [1.82, 2.24) is 9.55 Å². The van der Waals surface area contributed by atoms with Gasteiger partial charge in [0.2, 0.25) is 0 Å². The molecule has 0 saturated heterocycles. The third-order valence-corrected chi connectivity index (χ3v) is 2.35. The lowest BCUT2D eigenvalue weighted by atomic mass is 10.6. The lowest BCUT2D eigenvalue weighted by Gasteiger charge is -2.01. The van der Waals surface area contributed by atoms with Crippen molar-refractivity contribution in [1.29, 1.82) is 0 Å². The van der Waals surface area contributed by atoms with Crippen LogP contribution in [0.4, 0.5) is 0 Å². The second-order valence-electron chi connectivity index (χ2n) is 2.31. The Morgan fingerprint density at radius 1 is 1.67 bits per heavy atom. The quantitative estimate of drug-likeness (QED) is 0.655. The molecule has 1 aromatic rings. The minimum absolute atomic E-state index is 0.0294. The number of hydrogen-bond acceptors (Lipinski definition) is 3. The molecule has 0 saturated carbocycles. The van der Waals surface area contributed by atoms with E-state index in [-0.39, 0.29) is 5.56 Å². The Morgan fingerprint density at radius 3 is 3.17 bits per heavy atom. The van der Waals surface area contributed by atoms with E-state index in [9.17, 15) is 4.79 Å². The maximum atomic E-state index is 11.1. The Morgan fingerprint density at radius 2 is 2.50 bits per heavy atom. The smallest absolute Gasteiger partial charge is 0.253 e. The highest BCUT2D eigenvalue weighted by molar-refractivity contribution is 7.99. The van der Waals surface area contributed by atoms with E-state index in [1.54, 1.807) is 10.9 Å². The highest BCUT2D eigenvalue weighted by atomic mass is 32.2. The first-order chi connectivity index (χ1) is 5.84. The molecule has 0 unspecified atom stereocenters. The van der Waals surface area contributed by atoms with E-state index in [2.05, 4.69) is 11.9 Å². The number of hydrogen-bond donors (Lipinski definition) is 0. The molecule has 66 valence electrons. The first-order valence-corrected chi connectivity index (χ1v) is 5.08. The maximum Gasteiger partial charge on any atom is 0.253 e. The van der Waals surface area contributed by atoms with E-state index < -0.39 is 0 Å². The second kappa shape index (κ2) is 4.98. The van der Waals surface area contributed by atoms with Gasteiger partial charge in [0.05, 0.1) is 6.33 Å². The van der Waals surface area contributed by atoms with Crippen molar-refractivity contribution in [3.8, 4) is 0 Å². The van der Waals surface area contributed by atoms with Crippen molar-refractivity contribution in [2.75, 3.05) is 11.5 Å². The molecule has 0 amide bonds. The minimum Gasteiger partial charge on any atom is -0.298 e. The summed E-state index contributed by atoms with van der Waals surface area (Å²) < 4.78 is 1.63. The summed E-state index contributed by atoms with van der Waals surface area (Å²) in [4.78, 5) is 15.0. The summed E-state index contributed by atoms with van der Waals surface area (Å²) in [5, 5.41) is 0. The van der Waals surface area contributed by atoms with Crippen molar-refractivity contribution in [2.45, 2.75) is 13.5 Å². The molecule has 3 nitrogen and oxygen atoms in total. The lowest BCUT2D eigenvalue weighted by Crippen LogP contribution is -2.19. The highest BCUT2D eigenvalue weighted by Gasteiger charge is 1.92. The molecule has 1 rings (SSSR count). The van der Waals surface area contributed by atoms with Crippen LogP contribution in [0.25, 0.3) is 0 Å². The van der Waals surface area contributed by atoms with E-state index in [4.69, 9.17) is 0 Å². The van der Waals surface area contributed by atoms with Crippen LogP contribution in [0.5, 0.6) is 0 Å². The lowest BCUT2D eigenvalue weighted by molar-refractivity contribution is 0.714. The molecule has 0 bridgehead atoms. The number of nitrogens with zero attached hydrogens (tertiary/aromatic N) is 2. The van der Waals surface area contributed by atoms with Gasteiger partial charge in [-0.15, -0.1) is 0 Å². The zero-order chi connectivity index (χ0) is 8.81. The Balaban J connectivity index is 2.52. The Bertz CT molecular complexity index is 284. The fourth-order valence-electron chi connectivity index (χ4n) is 0.854. The number of aryl methyl sites for hydroxylation is 1. The maximum absolute atomic E-state index is 11.1. The summed E-state index contributed by atoms with van der Waals surface area (Å²) in [6.45, 7) is 2.86. The van der Waals surface area contributed by atoms with Crippen LogP contribution in [0.15, 0.2) is 23.4 Å². The van der Waals surface area contributed by atoms with Crippen LogP contribution in [0.2, 0.25) is 0 Å². The van der Waals surface area contributed by atoms with Gasteiger partial charge in [0.1, 0.15) is 0 Å². The molecule has 0 fully saturated rings. The average Bonchev–Trinajstić information content (AvgIpc) is 2.09. The van der Waals surface area contributed by atoms with Crippen LogP contribution < -0.4 is 5.56 Å². The SMILES string of the molecule is CCSCCn1cnccc1=O. The van der Waals surface area contributed by atoms with Crippen LogP contribution >= 0.6 is 11.8 Å². The third kappa shape index (κ3) is 2.70. The van der Waals surface area contributed by atoms with Crippen molar-refractivity contribution < 1.29 is 0 Å². The number of aromatic nitrogens is 2. The van der Waals surface area contributed by atoms with E-state index >= 15 is 0 Å². The van der Waals surface area contributed by atoms with Crippen LogP contribution in [0.1, 0.15) is 6.92 Å². The summed E-state index contributed by atoms with van der Waals surface area (Å²) in [5.74, 6) is 2.07. The largest absolute Gasteiger partial charge is 0.298 e. The van der Waals surface area contributed by atoms with Gasteiger partial charge in [0.15, 0.2) is 0 Å². The van der Waals surface area contributed by atoms with Crippen molar-refractivity contribution >= 4 is 11.8 Å². The number of thioether (sulfide) groups is 1. The molecule has 0 aromatic carbocycles. The Labute approximate surface area is 75.8 Å². The molecular weight excluding hydrogens is 172 g/mol. The topological polar surface area (TPSA) is 34.9 Å². The summed E-state index contributed by atoms with van der Waals surface area (Å²) in [7, 11) is 0. The van der Waals surface area contributed by atoms with Crippen LogP contribution in [0.3, 0.4) is 0 Å². The molecule has 1 aromatic heterocycles. The van der Waals surface area contributed by atoms with Gasteiger partial charge in [0.25, 0.3) is 5.56 Å². The predicted molar refractivity (Wildman–Crippen MR) is 51.5 cm³/mol. The fraction of sp³-hybridized carbons (Fsp3) is 0.500. The van der Waals surface area contributed by atoms with Gasteiger partial charge in [-0.05, 0) is 5.75 Å². The molecule has 4 heteroatoms. The van der Waals surface area contributed by atoms with E-state index in [0.29, 0.717) is 0 Å². The first-order valence-electron chi connectivity index (χ1n) is 3.93. The molecule has 0 N–H and O–H groups in total.